The number of hydrogen-bond acceptors (Lipinski definition) is 5. The number of carbonyl (C=O) groups is 2. The smallest absolute Gasteiger partial charge is 0.321 e. The average Bonchev–Trinajstić information content (AvgIpc) is 2.62. The summed E-state index contributed by atoms with van der Waals surface area (Å²) in [7, 11) is -4.26. The fourth-order valence-corrected chi connectivity index (χ4v) is 3.01. The Morgan fingerprint density at radius 3 is 2.33 bits per heavy atom. The summed E-state index contributed by atoms with van der Waals surface area (Å²) in [5.41, 5.74) is 0.296. The molecule has 2 N–H and O–H groups in total. The first-order valence-corrected chi connectivity index (χ1v) is 9.17. The van der Waals surface area contributed by atoms with E-state index in [1.165, 1.54) is 31.2 Å². The average molecular weight is 398 g/mol. The Balaban J connectivity index is 1.88. The van der Waals surface area contributed by atoms with Gasteiger partial charge in [-0.05, 0) is 43.3 Å². The summed E-state index contributed by atoms with van der Waals surface area (Å²) in [6.07, 6.45) is -1.24. The zero-order valence-corrected chi connectivity index (χ0v) is 14.9. The zero-order valence-electron chi connectivity index (χ0n) is 14.1. The number of carbonyl (C=O) groups excluding carboxylic acids is 2. The second kappa shape index (κ2) is 8.69. The highest BCUT2D eigenvalue weighted by molar-refractivity contribution is 7.89. The van der Waals surface area contributed by atoms with Crippen LogP contribution in [0.15, 0.2) is 53.4 Å². The Kier molecular flexibility index (Phi) is 6.59. The second-order valence-corrected chi connectivity index (χ2v) is 7.12. The standard InChI is InChI=1S/C17H16F2N2O5S/c1-11(17(23)21-13-8-6-12(18)7-9-13)26-16(22)10-20-27(24,25)15-5-3-2-4-14(15)19/h2-9,11,20H,10H2,1H3,(H,21,23)/t11-/m1/s1. The maximum Gasteiger partial charge on any atom is 0.321 e. The highest BCUT2D eigenvalue weighted by atomic mass is 32.2. The van der Waals surface area contributed by atoms with Crippen LogP contribution >= 0.6 is 0 Å². The molecule has 27 heavy (non-hydrogen) atoms. The summed E-state index contributed by atoms with van der Waals surface area (Å²) < 4.78 is 57.0. The monoisotopic (exact) mass is 398 g/mol. The van der Waals surface area contributed by atoms with Gasteiger partial charge < -0.3 is 10.1 Å². The van der Waals surface area contributed by atoms with Gasteiger partial charge in [0.15, 0.2) is 6.10 Å². The van der Waals surface area contributed by atoms with Gasteiger partial charge in [0.25, 0.3) is 5.91 Å². The molecule has 0 unspecified atom stereocenters. The lowest BCUT2D eigenvalue weighted by atomic mass is 10.3. The van der Waals surface area contributed by atoms with E-state index in [9.17, 15) is 26.8 Å². The summed E-state index contributed by atoms with van der Waals surface area (Å²) in [6, 6.07) is 9.60. The molecule has 0 spiro atoms. The number of rotatable bonds is 7. The van der Waals surface area contributed by atoms with Crippen molar-refractivity contribution in [3.8, 4) is 0 Å². The number of hydrogen-bond donors (Lipinski definition) is 2. The van der Waals surface area contributed by atoms with Gasteiger partial charge in [-0.3, -0.25) is 9.59 Å². The first-order valence-electron chi connectivity index (χ1n) is 7.69. The third kappa shape index (κ3) is 5.83. The number of esters is 1. The molecular formula is C17H16F2N2O5S. The Morgan fingerprint density at radius 2 is 1.70 bits per heavy atom. The van der Waals surface area contributed by atoms with Crippen molar-refractivity contribution in [2.24, 2.45) is 0 Å². The fourth-order valence-electron chi connectivity index (χ4n) is 1.96. The van der Waals surface area contributed by atoms with E-state index in [0.29, 0.717) is 5.69 Å². The topological polar surface area (TPSA) is 102 Å². The van der Waals surface area contributed by atoms with Crippen LogP contribution in [0.4, 0.5) is 14.5 Å². The molecule has 1 atom stereocenters. The van der Waals surface area contributed by atoms with Crippen LogP contribution in [0, 0.1) is 11.6 Å². The molecule has 0 saturated heterocycles. The van der Waals surface area contributed by atoms with Crippen molar-refractivity contribution in [2.45, 2.75) is 17.9 Å². The minimum atomic E-state index is -4.26. The SMILES string of the molecule is C[C@@H](OC(=O)CNS(=O)(=O)c1ccccc1F)C(=O)Nc1ccc(F)cc1. The summed E-state index contributed by atoms with van der Waals surface area (Å²) in [6.45, 7) is 0.493. The van der Waals surface area contributed by atoms with E-state index in [2.05, 4.69) is 5.32 Å². The summed E-state index contributed by atoms with van der Waals surface area (Å²) in [5, 5.41) is 2.41. The van der Waals surface area contributed by atoms with Crippen molar-refractivity contribution in [3.05, 3.63) is 60.2 Å². The van der Waals surface area contributed by atoms with Crippen LogP contribution in [0.5, 0.6) is 0 Å². The van der Waals surface area contributed by atoms with E-state index in [-0.39, 0.29) is 0 Å². The predicted molar refractivity (Wildman–Crippen MR) is 92.2 cm³/mol. The molecule has 0 aliphatic carbocycles. The Labute approximate surface area is 154 Å². The van der Waals surface area contributed by atoms with Crippen molar-refractivity contribution >= 4 is 27.6 Å². The number of benzene rings is 2. The van der Waals surface area contributed by atoms with Gasteiger partial charge in [-0.25, -0.2) is 17.2 Å². The van der Waals surface area contributed by atoms with Crippen molar-refractivity contribution in [3.63, 3.8) is 0 Å². The van der Waals surface area contributed by atoms with Gasteiger partial charge in [0.1, 0.15) is 23.1 Å². The van der Waals surface area contributed by atoms with Crippen LogP contribution in [0.2, 0.25) is 0 Å². The van der Waals surface area contributed by atoms with E-state index < -0.39 is 51.1 Å². The Bertz CT molecular complexity index is 933. The Hall–Kier alpha value is -2.85. The normalized spacial score (nSPS) is 12.3. The molecule has 0 aliphatic heterocycles. The van der Waals surface area contributed by atoms with Gasteiger partial charge in [0.05, 0.1) is 0 Å². The van der Waals surface area contributed by atoms with Gasteiger partial charge in [0.2, 0.25) is 10.0 Å². The van der Waals surface area contributed by atoms with Crippen LogP contribution in [-0.2, 0) is 24.3 Å². The molecule has 7 nitrogen and oxygen atoms in total. The number of nitrogens with one attached hydrogen (secondary N) is 2. The molecule has 144 valence electrons. The van der Waals surface area contributed by atoms with Gasteiger partial charge >= 0.3 is 5.97 Å². The van der Waals surface area contributed by atoms with Gasteiger partial charge in [-0.15, -0.1) is 0 Å². The van der Waals surface area contributed by atoms with Crippen molar-refractivity contribution in [1.82, 2.24) is 4.72 Å². The largest absolute Gasteiger partial charge is 0.452 e. The summed E-state index contributed by atoms with van der Waals surface area (Å²) in [5.74, 6) is -3.16. The minimum absolute atomic E-state index is 0.296. The van der Waals surface area contributed by atoms with Crippen LogP contribution in [0.25, 0.3) is 0 Å². The van der Waals surface area contributed by atoms with Crippen LogP contribution in [-0.4, -0.2) is 32.9 Å². The second-order valence-electron chi connectivity index (χ2n) is 5.38. The lowest BCUT2D eigenvalue weighted by Crippen LogP contribution is -2.36. The molecule has 2 rings (SSSR count). The van der Waals surface area contributed by atoms with Crippen LogP contribution < -0.4 is 10.0 Å². The molecule has 0 heterocycles. The number of amides is 1. The van der Waals surface area contributed by atoms with Crippen LogP contribution in [0.1, 0.15) is 6.92 Å². The first kappa shape index (κ1) is 20.5. The number of anilines is 1. The van der Waals surface area contributed by atoms with E-state index >= 15 is 0 Å². The van der Waals surface area contributed by atoms with Gasteiger partial charge in [-0.2, -0.15) is 4.72 Å². The maximum atomic E-state index is 13.5. The minimum Gasteiger partial charge on any atom is -0.452 e. The molecule has 0 aliphatic rings. The van der Waals surface area contributed by atoms with E-state index in [1.54, 1.807) is 0 Å². The quantitative estimate of drug-likeness (QED) is 0.693. The Morgan fingerprint density at radius 1 is 1.07 bits per heavy atom. The van der Waals surface area contributed by atoms with E-state index in [0.717, 1.165) is 24.3 Å². The molecule has 10 heteroatoms. The molecule has 0 aromatic heterocycles. The molecule has 1 amide bonds. The predicted octanol–water partition coefficient (Wildman–Crippen LogP) is 1.81. The highest BCUT2D eigenvalue weighted by Gasteiger charge is 2.22. The number of sulfonamides is 1. The first-order chi connectivity index (χ1) is 12.7. The van der Waals surface area contributed by atoms with Gasteiger partial charge in [0, 0.05) is 5.69 Å². The van der Waals surface area contributed by atoms with Crippen molar-refractivity contribution in [1.29, 1.82) is 0 Å². The summed E-state index contributed by atoms with van der Waals surface area (Å²) >= 11 is 0. The van der Waals surface area contributed by atoms with Gasteiger partial charge in [-0.1, -0.05) is 12.1 Å². The third-order valence-corrected chi connectivity index (χ3v) is 4.76. The fraction of sp³-hybridized carbons (Fsp3) is 0.176. The molecular weight excluding hydrogens is 382 g/mol. The summed E-state index contributed by atoms with van der Waals surface area (Å²) in [4.78, 5) is 23.1. The lowest BCUT2D eigenvalue weighted by Gasteiger charge is -2.14. The van der Waals surface area contributed by atoms with E-state index in [1.807, 2.05) is 4.72 Å². The number of halogens is 2. The van der Waals surface area contributed by atoms with Crippen molar-refractivity contribution in [2.75, 3.05) is 11.9 Å². The van der Waals surface area contributed by atoms with Crippen molar-refractivity contribution < 1.29 is 31.5 Å². The molecule has 2 aromatic carbocycles. The van der Waals surface area contributed by atoms with Crippen LogP contribution in [0.3, 0.4) is 0 Å². The highest BCUT2D eigenvalue weighted by Crippen LogP contribution is 2.13. The zero-order chi connectivity index (χ0) is 20.0. The van der Waals surface area contributed by atoms with E-state index in [4.69, 9.17) is 4.74 Å². The maximum absolute atomic E-state index is 13.5. The molecule has 0 radical (unpaired) electrons. The number of ether oxygens (including phenoxy) is 1. The molecule has 2 aromatic rings. The molecule has 0 fully saturated rings. The molecule has 0 bridgehead atoms. The molecule has 0 saturated carbocycles. The lowest BCUT2D eigenvalue weighted by molar-refractivity contribution is -0.151. The third-order valence-electron chi connectivity index (χ3n) is 3.32.